The van der Waals surface area contributed by atoms with Crippen LogP contribution in [-0.2, 0) is 21.4 Å². The van der Waals surface area contributed by atoms with E-state index in [1.807, 2.05) is 0 Å². The summed E-state index contributed by atoms with van der Waals surface area (Å²) in [5, 5.41) is 2.76. The van der Waals surface area contributed by atoms with Crippen molar-refractivity contribution in [1.82, 2.24) is 9.62 Å². The maximum atomic E-state index is 11.9. The lowest BCUT2D eigenvalue weighted by Crippen LogP contribution is -2.24. The Kier molecular flexibility index (Phi) is 8.50. The second kappa shape index (κ2) is 8.99. The molecule has 0 bridgehead atoms. The first kappa shape index (κ1) is 19.9. The molecule has 0 aromatic heterocycles. The van der Waals surface area contributed by atoms with E-state index in [1.165, 1.54) is 26.2 Å². The van der Waals surface area contributed by atoms with Gasteiger partial charge in [-0.1, -0.05) is 12.1 Å². The molecule has 1 aromatic carbocycles. The zero-order valence-corrected chi connectivity index (χ0v) is 13.8. The zero-order chi connectivity index (χ0) is 15.2. The summed E-state index contributed by atoms with van der Waals surface area (Å²) in [7, 11) is -0.431. The average Bonchev–Trinajstić information content (AvgIpc) is 2.43. The Morgan fingerprint density at radius 2 is 1.81 bits per heavy atom. The number of sulfonamides is 1. The molecular formula is C13H22ClN3O3S. The number of nitrogens with zero attached hydrogens (tertiary/aromatic N) is 1. The summed E-state index contributed by atoms with van der Waals surface area (Å²) in [4.78, 5) is 11.7. The summed E-state index contributed by atoms with van der Waals surface area (Å²) >= 11 is 0. The molecule has 0 aliphatic rings. The van der Waals surface area contributed by atoms with Crippen LogP contribution >= 0.6 is 12.4 Å². The van der Waals surface area contributed by atoms with E-state index in [9.17, 15) is 13.2 Å². The number of hydrogen-bond donors (Lipinski definition) is 2. The van der Waals surface area contributed by atoms with Crippen molar-refractivity contribution in [2.75, 3.05) is 20.6 Å². The Balaban J connectivity index is 0.00000400. The van der Waals surface area contributed by atoms with Gasteiger partial charge in [-0.25, -0.2) is 12.7 Å². The third-order valence-corrected chi connectivity index (χ3v) is 4.63. The Morgan fingerprint density at radius 1 is 1.24 bits per heavy atom. The van der Waals surface area contributed by atoms with Crippen LogP contribution in [0.2, 0.25) is 0 Å². The summed E-state index contributed by atoms with van der Waals surface area (Å²) in [5.74, 6) is -0.0551. The molecule has 21 heavy (non-hydrogen) atoms. The number of amides is 1. The van der Waals surface area contributed by atoms with Crippen molar-refractivity contribution in [2.24, 2.45) is 5.73 Å². The molecule has 0 saturated carbocycles. The molecule has 120 valence electrons. The third kappa shape index (κ3) is 6.01. The second-order valence-electron chi connectivity index (χ2n) is 4.60. The molecule has 1 rings (SSSR count). The van der Waals surface area contributed by atoms with Gasteiger partial charge >= 0.3 is 0 Å². The predicted octanol–water partition coefficient (Wildman–Crippen LogP) is 0.714. The first-order chi connectivity index (χ1) is 9.37. The molecule has 0 radical (unpaired) electrons. The van der Waals surface area contributed by atoms with Gasteiger partial charge in [-0.15, -0.1) is 12.4 Å². The maximum absolute atomic E-state index is 11.9. The number of rotatable bonds is 7. The predicted molar refractivity (Wildman–Crippen MR) is 84.7 cm³/mol. The highest BCUT2D eigenvalue weighted by Gasteiger charge is 2.16. The number of carbonyl (C=O) groups excluding carboxylic acids is 1. The third-order valence-electron chi connectivity index (χ3n) is 2.80. The molecule has 8 heteroatoms. The highest BCUT2D eigenvalue weighted by molar-refractivity contribution is 7.89. The summed E-state index contributed by atoms with van der Waals surface area (Å²) in [6.45, 7) is 0.871. The standard InChI is InChI=1S/C13H21N3O3S.ClH/c1-16(2)20(18,19)12-7-5-11(6-8-12)10-15-13(17)4-3-9-14;/h5-8H,3-4,9-10,14H2,1-2H3,(H,15,17);1H. The first-order valence-electron chi connectivity index (χ1n) is 6.36. The minimum Gasteiger partial charge on any atom is -0.352 e. The van der Waals surface area contributed by atoms with E-state index >= 15 is 0 Å². The smallest absolute Gasteiger partial charge is 0.242 e. The summed E-state index contributed by atoms with van der Waals surface area (Å²) in [5.41, 5.74) is 6.18. The lowest BCUT2D eigenvalue weighted by atomic mass is 10.2. The van der Waals surface area contributed by atoms with Gasteiger partial charge in [0.2, 0.25) is 15.9 Å². The van der Waals surface area contributed by atoms with Gasteiger partial charge in [0.25, 0.3) is 0 Å². The van der Waals surface area contributed by atoms with Gasteiger partial charge in [-0.3, -0.25) is 4.79 Å². The highest BCUT2D eigenvalue weighted by Crippen LogP contribution is 2.13. The van der Waals surface area contributed by atoms with Gasteiger partial charge in [0.15, 0.2) is 0 Å². The average molecular weight is 336 g/mol. The molecule has 1 amide bonds. The molecule has 0 unspecified atom stereocenters. The van der Waals surface area contributed by atoms with E-state index in [2.05, 4.69) is 5.32 Å². The van der Waals surface area contributed by atoms with Crippen LogP contribution in [-0.4, -0.2) is 39.3 Å². The van der Waals surface area contributed by atoms with Crippen LogP contribution in [0.5, 0.6) is 0 Å². The normalized spacial score (nSPS) is 11.0. The van der Waals surface area contributed by atoms with Crippen molar-refractivity contribution in [2.45, 2.75) is 24.3 Å². The fourth-order valence-electron chi connectivity index (χ4n) is 1.54. The van der Waals surface area contributed by atoms with Crippen molar-refractivity contribution in [3.05, 3.63) is 29.8 Å². The van der Waals surface area contributed by atoms with E-state index in [-0.39, 0.29) is 23.2 Å². The number of halogens is 1. The van der Waals surface area contributed by atoms with Crippen LogP contribution in [0.4, 0.5) is 0 Å². The molecule has 0 aliphatic carbocycles. The summed E-state index contributed by atoms with van der Waals surface area (Å²) in [6, 6.07) is 6.46. The Hall–Kier alpha value is -1.15. The van der Waals surface area contributed by atoms with Crippen molar-refractivity contribution >= 4 is 28.3 Å². The highest BCUT2D eigenvalue weighted by atomic mass is 35.5. The van der Waals surface area contributed by atoms with Gasteiger partial charge < -0.3 is 11.1 Å². The molecule has 1 aromatic rings. The molecule has 0 spiro atoms. The monoisotopic (exact) mass is 335 g/mol. The Morgan fingerprint density at radius 3 is 2.29 bits per heavy atom. The zero-order valence-electron chi connectivity index (χ0n) is 12.2. The summed E-state index contributed by atoms with van der Waals surface area (Å²) < 4.78 is 24.9. The van der Waals surface area contributed by atoms with Crippen LogP contribution in [0.15, 0.2) is 29.2 Å². The fourth-order valence-corrected chi connectivity index (χ4v) is 2.44. The van der Waals surface area contributed by atoms with Crippen LogP contribution in [0.3, 0.4) is 0 Å². The van der Waals surface area contributed by atoms with Crippen molar-refractivity contribution in [3.63, 3.8) is 0 Å². The topological polar surface area (TPSA) is 92.5 Å². The molecular weight excluding hydrogens is 314 g/mol. The molecule has 0 heterocycles. The maximum Gasteiger partial charge on any atom is 0.242 e. The molecule has 3 N–H and O–H groups in total. The number of benzene rings is 1. The molecule has 6 nitrogen and oxygen atoms in total. The van der Waals surface area contributed by atoms with E-state index in [4.69, 9.17) is 5.73 Å². The van der Waals surface area contributed by atoms with E-state index < -0.39 is 10.0 Å². The van der Waals surface area contributed by atoms with Crippen LogP contribution < -0.4 is 11.1 Å². The lowest BCUT2D eigenvalue weighted by Gasteiger charge is -2.11. The quantitative estimate of drug-likeness (QED) is 0.767. The second-order valence-corrected chi connectivity index (χ2v) is 6.75. The van der Waals surface area contributed by atoms with Gasteiger partial charge in [-0.05, 0) is 30.7 Å². The number of carbonyl (C=O) groups is 1. The van der Waals surface area contributed by atoms with Gasteiger partial charge in [0.1, 0.15) is 0 Å². The number of hydrogen-bond acceptors (Lipinski definition) is 4. The fraction of sp³-hybridized carbons (Fsp3) is 0.462. The van der Waals surface area contributed by atoms with Gasteiger partial charge in [0.05, 0.1) is 4.90 Å². The minimum atomic E-state index is -3.40. The molecule has 0 saturated heterocycles. The molecule has 0 aliphatic heterocycles. The van der Waals surface area contributed by atoms with Crippen molar-refractivity contribution in [1.29, 1.82) is 0 Å². The van der Waals surface area contributed by atoms with Gasteiger partial charge in [-0.2, -0.15) is 0 Å². The van der Waals surface area contributed by atoms with Crippen LogP contribution in [0, 0.1) is 0 Å². The Bertz CT molecular complexity index is 544. The SMILES string of the molecule is CN(C)S(=O)(=O)c1ccc(CNC(=O)CCCN)cc1.Cl. The van der Waals surface area contributed by atoms with E-state index in [0.29, 0.717) is 25.9 Å². The molecule has 0 atom stereocenters. The van der Waals surface area contributed by atoms with E-state index in [1.54, 1.807) is 12.1 Å². The van der Waals surface area contributed by atoms with Crippen molar-refractivity contribution < 1.29 is 13.2 Å². The van der Waals surface area contributed by atoms with E-state index in [0.717, 1.165) is 9.87 Å². The summed E-state index contributed by atoms with van der Waals surface area (Å²) in [6.07, 6.45) is 1.06. The van der Waals surface area contributed by atoms with Crippen LogP contribution in [0.1, 0.15) is 18.4 Å². The Labute approximate surface area is 132 Å². The number of nitrogens with two attached hydrogens (primary N) is 1. The van der Waals surface area contributed by atoms with Crippen LogP contribution in [0.25, 0.3) is 0 Å². The minimum absolute atomic E-state index is 0. The molecule has 0 fully saturated rings. The van der Waals surface area contributed by atoms with Crippen molar-refractivity contribution in [3.8, 4) is 0 Å². The first-order valence-corrected chi connectivity index (χ1v) is 7.80. The van der Waals surface area contributed by atoms with Gasteiger partial charge in [0, 0.05) is 27.1 Å². The number of nitrogens with one attached hydrogen (secondary N) is 1. The lowest BCUT2D eigenvalue weighted by molar-refractivity contribution is -0.121. The largest absolute Gasteiger partial charge is 0.352 e.